The van der Waals surface area contributed by atoms with Crippen molar-refractivity contribution >= 4 is 23.2 Å². The van der Waals surface area contributed by atoms with Gasteiger partial charge in [0.05, 0.1) is 6.04 Å². The Balaban J connectivity index is 1.93. The topological polar surface area (TPSA) is 78.7 Å². The van der Waals surface area contributed by atoms with E-state index < -0.39 is 0 Å². The van der Waals surface area contributed by atoms with E-state index in [9.17, 15) is 9.59 Å². The van der Waals surface area contributed by atoms with Crippen molar-refractivity contribution in [3.8, 4) is 0 Å². The molecule has 0 spiro atoms. The monoisotopic (exact) mass is 318 g/mol. The van der Waals surface area contributed by atoms with Gasteiger partial charge in [-0.15, -0.1) is 0 Å². The van der Waals surface area contributed by atoms with Crippen molar-refractivity contribution in [1.82, 2.24) is 9.80 Å². The Bertz CT molecular complexity index is 580. The van der Waals surface area contributed by atoms with E-state index >= 15 is 0 Å². The van der Waals surface area contributed by atoms with E-state index in [4.69, 9.17) is 5.73 Å². The van der Waals surface area contributed by atoms with Crippen molar-refractivity contribution in [2.75, 3.05) is 37.2 Å². The zero-order chi connectivity index (χ0) is 17.0. The van der Waals surface area contributed by atoms with Gasteiger partial charge >= 0.3 is 0 Å². The third-order valence-electron chi connectivity index (χ3n) is 4.48. The lowest BCUT2D eigenvalue weighted by Gasteiger charge is -2.37. The fourth-order valence-corrected chi connectivity index (χ4v) is 2.83. The van der Waals surface area contributed by atoms with Crippen LogP contribution in [0.3, 0.4) is 0 Å². The number of rotatable bonds is 4. The number of hydrogen-bond donors (Lipinski definition) is 2. The smallest absolute Gasteiger partial charge is 0.241 e. The number of carbonyl (C=O) groups excluding carboxylic acids is 2. The number of anilines is 2. The number of nitrogens with one attached hydrogen (secondary N) is 1. The average molecular weight is 318 g/mol. The molecule has 2 rings (SSSR count). The molecule has 1 aromatic rings. The van der Waals surface area contributed by atoms with E-state index in [1.54, 1.807) is 13.0 Å². The minimum absolute atomic E-state index is 0.0510. The maximum atomic E-state index is 12.4. The highest BCUT2D eigenvalue weighted by Gasteiger charge is 2.26. The molecule has 3 N–H and O–H groups in total. The highest BCUT2D eigenvalue weighted by molar-refractivity contribution is 5.95. The van der Waals surface area contributed by atoms with Crippen molar-refractivity contribution < 1.29 is 9.59 Å². The fraction of sp³-hybridized carbons (Fsp3) is 0.529. The third kappa shape index (κ3) is 4.22. The summed E-state index contributed by atoms with van der Waals surface area (Å²) >= 11 is 0. The SMILES string of the molecule is CCc1ccc(NC(=O)C(C)N2CCN(C(C)=O)CC2)cc1N. The number of amides is 2. The van der Waals surface area contributed by atoms with E-state index in [1.165, 1.54) is 0 Å². The van der Waals surface area contributed by atoms with Crippen LogP contribution in [0.4, 0.5) is 11.4 Å². The van der Waals surface area contributed by atoms with Gasteiger partial charge < -0.3 is 16.0 Å². The predicted molar refractivity (Wildman–Crippen MR) is 92.2 cm³/mol. The maximum Gasteiger partial charge on any atom is 0.241 e. The quantitative estimate of drug-likeness (QED) is 0.821. The highest BCUT2D eigenvalue weighted by atomic mass is 16.2. The van der Waals surface area contributed by atoms with Gasteiger partial charge in [0.1, 0.15) is 0 Å². The number of nitrogens with zero attached hydrogens (tertiary/aromatic N) is 2. The van der Waals surface area contributed by atoms with Gasteiger partial charge in [-0.2, -0.15) is 0 Å². The molecule has 1 atom stereocenters. The standard InChI is InChI=1S/C17H26N4O2/c1-4-14-5-6-15(11-16(14)18)19-17(23)12(2)20-7-9-21(10-8-20)13(3)22/h5-6,11-12H,4,7-10,18H2,1-3H3,(H,19,23). The maximum absolute atomic E-state index is 12.4. The first-order valence-corrected chi connectivity index (χ1v) is 8.11. The number of aryl methyl sites for hydroxylation is 1. The van der Waals surface area contributed by atoms with E-state index in [2.05, 4.69) is 10.2 Å². The van der Waals surface area contributed by atoms with Crippen LogP contribution < -0.4 is 11.1 Å². The first-order chi connectivity index (χ1) is 10.9. The number of nitrogens with two attached hydrogens (primary N) is 1. The molecule has 1 aromatic carbocycles. The minimum atomic E-state index is -0.240. The summed E-state index contributed by atoms with van der Waals surface area (Å²) in [6, 6.07) is 5.39. The molecule has 0 bridgehead atoms. The molecule has 0 saturated carbocycles. The van der Waals surface area contributed by atoms with Gasteiger partial charge in [0, 0.05) is 44.5 Å². The second-order valence-electron chi connectivity index (χ2n) is 5.97. The summed E-state index contributed by atoms with van der Waals surface area (Å²) in [5.74, 6) is 0.0400. The molecule has 1 heterocycles. The second-order valence-corrected chi connectivity index (χ2v) is 5.97. The van der Waals surface area contributed by atoms with Crippen LogP contribution in [0.2, 0.25) is 0 Å². The molecular weight excluding hydrogens is 292 g/mol. The van der Waals surface area contributed by atoms with Crippen LogP contribution in [0, 0.1) is 0 Å². The Labute approximate surface area is 137 Å². The Morgan fingerprint density at radius 3 is 2.43 bits per heavy atom. The Hall–Kier alpha value is -2.08. The zero-order valence-corrected chi connectivity index (χ0v) is 14.1. The number of carbonyl (C=O) groups is 2. The first-order valence-electron chi connectivity index (χ1n) is 8.11. The normalized spacial score (nSPS) is 16.9. The van der Waals surface area contributed by atoms with E-state index in [0.29, 0.717) is 31.9 Å². The van der Waals surface area contributed by atoms with Crippen molar-refractivity contribution in [2.24, 2.45) is 0 Å². The lowest BCUT2D eigenvalue weighted by atomic mass is 10.1. The molecule has 6 heteroatoms. The van der Waals surface area contributed by atoms with Crippen LogP contribution in [-0.4, -0.2) is 53.8 Å². The number of piperazine rings is 1. The van der Waals surface area contributed by atoms with Crippen molar-refractivity contribution in [2.45, 2.75) is 33.2 Å². The van der Waals surface area contributed by atoms with Crippen LogP contribution in [-0.2, 0) is 16.0 Å². The first kappa shape index (κ1) is 17.3. The second kappa shape index (κ2) is 7.46. The predicted octanol–water partition coefficient (Wildman–Crippen LogP) is 1.32. The Kier molecular flexibility index (Phi) is 5.60. The van der Waals surface area contributed by atoms with Gasteiger partial charge in [0.2, 0.25) is 11.8 Å². The summed E-state index contributed by atoms with van der Waals surface area (Å²) in [5.41, 5.74) is 8.47. The molecular formula is C17H26N4O2. The molecule has 2 amide bonds. The van der Waals surface area contributed by atoms with Crippen LogP contribution >= 0.6 is 0 Å². The molecule has 0 radical (unpaired) electrons. The van der Waals surface area contributed by atoms with Gasteiger partial charge in [-0.3, -0.25) is 14.5 Å². The number of benzene rings is 1. The molecule has 1 saturated heterocycles. The summed E-state index contributed by atoms with van der Waals surface area (Å²) in [6.45, 7) is 8.29. The molecule has 1 fully saturated rings. The molecule has 1 aliphatic heterocycles. The van der Waals surface area contributed by atoms with Gasteiger partial charge in [-0.25, -0.2) is 0 Å². The summed E-state index contributed by atoms with van der Waals surface area (Å²) in [4.78, 5) is 27.7. The molecule has 23 heavy (non-hydrogen) atoms. The van der Waals surface area contributed by atoms with Crippen molar-refractivity contribution in [3.63, 3.8) is 0 Å². The average Bonchev–Trinajstić information content (AvgIpc) is 2.54. The van der Waals surface area contributed by atoms with E-state index in [1.807, 2.05) is 30.9 Å². The lowest BCUT2D eigenvalue weighted by molar-refractivity contribution is -0.131. The molecule has 6 nitrogen and oxygen atoms in total. The van der Waals surface area contributed by atoms with Gasteiger partial charge in [-0.05, 0) is 31.0 Å². The van der Waals surface area contributed by atoms with Gasteiger partial charge in [0.15, 0.2) is 0 Å². The molecule has 0 aromatic heterocycles. The third-order valence-corrected chi connectivity index (χ3v) is 4.48. The van der Waals surface area contributed by atoms with Gasteiger partial charge in [0.25, 0.3) is 0 Å². The summed E-state index contributed by atoms with van der Waals surface area (Å²) in [7, 11) is 0. The fourth-order valence-electron chi connectivity index (χ4n) is 2.83. The molecule has 1 unspecified atom stereocenters. The molecule has 126 valence electrons. The molecule has 0 aliphatic carbocycles. The Morgan fingerprint density at radius 1 is 1.26 bits per heavy atom. The summed E-state index contributed by atoms with van der Waals surface area (Å²) < 4.78 is 0. The lowest BCUT2D eigenvalue weighted by Crippen LogP contribution is -2.53. The summed E-state index contributed by atoms with van der Waals surface area (Å²) in [5, 5.41) is 2.92. The largest absolute Gasteiger partial charge is 0.398 e. The van der Waals surface area contributed by atoms with Crippen LogP contribution in [0.15, 0.2) is 18.2 Å². The van der Waals surface area contributed by atoms with Crippen LogP contribution in [0.25, 0.3) is 0 Å². The minimum Gasteiger partial charge on any atom is -0.398 e. The van der Waals surface area contributed by atoms with E-state index in [0.717, 1.165) is 17.7 Å². The zero-order valence-electron chi connectivity index (χ0n) is 14.1. The van der Waals surface area contributed by atoms with Crippen molar-refractivity contribution in [3.05, 3.63) is 23.8 Å². The number of nitrogen functional groups attached to an aromatic ring is 1. The highest BCUT2D eigenvalue weighted by Crippen LogP contribution is 2.19. The van der Waals surface area contributed by atoms with Crippen LogP contribution in [0.5, 0.6) is 0 Å². The molecule has 1 aliphatic rings. The van der Waals surface area contributed by atoms with Crippen LogP contribution in [0.1, 0.15) is 26.3 Å². The van der Waals surface area contributed by atoms with Crippen molar-refractivity contribution in [1.29, 1.82) is 0 Å². The number of hydrogen-bond acceptors (Lipinski definition) is 4. The van der Waals surface area contributed by atoms with Gasteiger partial charge in [-0.1, -0.05) is 13.0 Å². The Morgan fingerprint density at radius 2 is 1.91 bits per heavy atom. The van der Waals surface area contributed by atoms with E-state index in [-0.39, 0.29) is 17.9 Å². The summed E-state index contributed by atoms with van der Waals surface area (Å²) in [6.07, 6.45) is 0.872.